The lowest BCUT2D eigenvalue weighted by Gasteiger charge is -2.09. The van der Waals surface area contributed by atoms with E-state index in [1.54, 1.807) is 6.20 Å². The minimum atomic E-state index is 0.405. The molecular weight excluding hydrogens is 124 g/mol. The van der Waals surface area contributed by atoms with Crippen LogP contribution in [0, 0.1) is 0 Å². The van der Waals surface area contributed by atoms with Crippen molar-refractivity contribution < 1.29 is 0 Å². The van der Waals surface area contributed by atoms with Gasteiger partial charge in [-0.1, -0.05) is 13.0 Å². The van der Waals surface area contributed by atoms with E-state index in [4.69, 9.17) is 0 Å². The molecule has 2 heteroatoms. The minimum Gasteiger partial charge on any atom is -0.331 e. The lowest BCUT2D eigenvalue weighted by Crippen LogP contribution is -2.01. The van der Waals surface area contributed by atoms with Crippen LogP contribution in [0.3, 0.4) is 0 Å². The first kappa shape index (κ1) is 7.06. The predicted molar refractivity (Wildman–Crippen MR) is 41.8 cm³/mol. The molecule has 1 unspecified atom stereocenters. The molecule has 0 aliphatic heterocycles. The highest BCUT2D eigenvalue weighted by Crippen LogP contribution is 2.09. The van der Waals surface area contributed by atoms with Crippen molar-refractivity contribution in [1.82, 2.24) is 9.55 Å². The second-order valence-corrected chi connectivity index (χ2v) is 2.22. The minimum absolute atomic E-state index is 0.405. The third-order valence-corrected chi connectivity index (χ3v) is 1.60. The van der Waals surface area contributed by atoms with Gasteiger partial charge in [0.2, 0.25) is 0 Å². The summed E-state index contributed by atoms with van der Waals surface area (Å²) in [5.41, 5.74) is 0. The molecular formula is C8H12N2. The zero-order valence-corrected chi connectivity index (χ0v) is 6.20. The molecule has 0 fully saturated rings. The van der Waals surface area contributed by atoms with Gasteiger partial charge in [-0.15, -0.1) is 6.58 Å². The molecule has 0 spiro atoms. The summed E-state index contributed by atoms with van der Waals surface area (Å²) in [6.07, 6.45) is 8.55. The Bertz CT molecular complexity index is 189. The van der Waals surface area contributed by atoms with E-state index in [0.29, 0.717) is 6.04 Å². The number of hydrogen-bond acceptors (Lipinski definition) is 1. The molecule has 0 saturated heterocycles. The molecule has 54 valence electrons. The Kier molecular flexibility index (Phi) is 2.26. The smallest absolute Gasteiger partial charge is 0.0951 e. The number of nitrogens with zero attached hydrogens (tertiary/aromatic N) is 2. The highest BCUT2D eigenvalue weighted by Gasteiger charge is 1.99. The zero-order chi connectivity index (χ0) is 7.40. The number of allylic oxidation sites excluding steroid dienone is 1. The molecule has 0 radical (unpaired) electrons. The largest absolute Gasteiger partial charge is 0.331 e. The quantitative estimate of drug-likeness (QED) is 0.581. The van der Waals surface area contributed by atoms with Gasteiger partial charge in [-0.05, 0) is 6.42 Å². The van der Waals surface area contributed by atoms with Crippen LogP contribution in [0.2, 0.25) is 0 Å². The fourth-order valence-corrected chi connectivity index (χ4v) is 0.965. The summed E-state index contributed by atoms with van der Waals surface area (Å²) >= 11 is 0. The van der Waals surface area contributed by atoms with E-state index in [1.807, 2.05) is 23.2 Å². The van der Waals surface area contributed by atoms with E-state index >= 15 is 0 Å². The van der Waals surface area contributed by atoms with Crippen LogP contribution in [-0.2, 0) is 0 Å². The van der Waals surface area contributed by atoms with Crippen molar-refractivity contribution >= 4 is 0 Å². The molecule has 2 nitrogen and oxygen atoms in total. The Morgan fingerprint density at radius 3 is 3.00 bits per heavy atom. The van der Waals surface area contributed by atoms with Gasteiger partial charge in [0.25, 0.3) is 0 Å². The van der Waals surface area contributed by atoms with E-state index in [9.17, 15) is 0 Å². The van der Waals surface area contributed by atoms with Gasteiger partial charge in [-0.3, -0.25) is 0 Å². The van der Waals surface area contributed by atoms with E-state index in [-0.39, 0.29) is 0 Å². The summed E-state index contributed by atoms with van der Waals surface area (Å²) in [4.78, 5) is 3.95. The van der Waals surface area contributed by atoms with Crippen molar-refractivity contribution in [2.24, 2.45) is 0 Å². The third-order valence-electron chi connectivity index (χ3n) is 1.60. The Labute approximate surface area is 61.2 Å². The topological polar surface area (TPSA) is 17.8 Å². The predicted octanol–water partition coefficient (Wildman–Crippen LogP) is 2.02. The van der Waals surface area contributed by atoms with Gasteiger partial charge in [0.1, 0.15) is 0 Å². The first-order valence-corrected chi connectivity index (χ1v) is 3.48. The van der Waals surface area contributed by atoms with Gasteiger partial charge in [-0.25, -0.2) is 4.98 Å². The van der Waals surface area contributed by atoms with Crippen LogP contribution in [0.5, 0.6) is 0 Å². The normalized spacial score (nSPS) is 12.9. The molecule has 0 aliphatic carbocycles. The lowest BCUT2D eigenvalue weighted by atomic mass is 10.2. The first-order valence-electron chi connectivity index (χ1n) is 3.48. The van der Waals surface area contributed by atoms with Crippen LogP contribution >= 0.6 is 0 Å². The van der Waals surface area contributed by atoms with Crippen molar-refractivity contribution in [1.29, 1.82) is 0 Å². The molecule has 1 heterocycles. The molecule has 10 heavy (non-hydrogen) atoms. The number of imidazole rings is 1. The van der Waals surface area contributed by atoms with E-state index in [1.165, 1.54) is 0 Å². The van der Waals surface area contributed by atoms with Crippen molar-refractivity contribution in [3.63, 3.8) is 0 Å². The second-order valence-electron chi connectivity index (χ2n) is 2.22. The molecule has 0 aliphatic rings. The highest BCUT2D eigenvalue weighted by atomic mass is 15.0. The van der Waals surface area contributed by atoms with Crippen molar-refractivity contribution in [3.8, 4) is 0 Å². The Balaban J connectivity index is 2.73. The maximum atomic E-state index is 3.95. The van der Waals surface area contributed by atoms with Crippen LogP contribution < -0.4 is 0 Å². The molecule has 1 aromatic heterocycles. The molecule has 0 saturated carbocycles. The van der Waals surface area contributed by atoms with Crippen LogP contribution in [-0.4, -0.2) is 9.55 Å². The molecule has 1 atom stereocenters. The van der Waals surface area contributed by atoms with Gasteiger partial charge >= 0.3 is 0 Å². The fourth-order valence-electron chi connectivity index (χ4n) is 0.965. The van der Waals surface area contributed by atoms with Crippen molar-refractivity contribution in [3.05, 3.63) is 31.4 Å². The van der Waals surface area contributed by atoms with Gasteiger partial charge in [0, 0.05) is 12.4 Å². The van der Waals surface area contributed by atoms with Gasteiger partial charge < -0.3 is 4.57 Å². The molecule has 0 bridgehead atoms. The highest BCUT2D eigenvalue weighted by molar-refractivity contribution is 4.88. The lowest BCUT2D eigenvalue weighted by molar-refractivity contribution is 0.586. The monoisotopic (exact) mass is 136 g/mol. The van der Waals surface area contributed by atoms with Crippen molar-refractivity contribution in [2.75, 3.05) is 0 Å². The summed E-state index contributed by atoms with van der Waals surface area (Å²) < 4.78 is 2.05. The molecule has 1 rings (SSSR count). The van der Waals surface area contributed by atoms with E-state index in [2.05, 4.69) is 18.5 Å². The fraction of sp³-hybridized carbons (Fsp3) is 0.375. The third kappa shape index (κ3) is 1.26. The summed E-state index contributed by atoms with van der Waals surface area (Å²) in [5, 5.41) is 0. The van der Waals surface area contributed by atoms with Crippen LogP contribution in [0.15, 0.2) is 31.4 Å². The van der Waals surface area contributed by atoms with Gasteiger partial charge in [-0.2, -0.15) is 0 Å². The molecule has 1 aromatic rings. The Hall–Kier alpha value is -1.05. The summed E-state index contributed by atoms with van der Waals surface area (Å²) in [5.74, 6) is 0. The second kappa shape index (κ2) is 3.20. The maximum absolute atomic E-state index is 3.95. The Morgan fingerprint density at radius 2 is 2.60 bits per heavy atom. The standard InChI is InChI=1S/C8H12N2/c1-3-8(4-2)10-6-5-9-7-10/h3,5-8H,1,4H2,2H3. The average molecular weight is 136 g/mol. The van der Waals surface area contributed by atoms with Crippen LogP contribution in [0.1, 0.15) is 19.4 Å². The Morgan fingerprint density at radius 1 is 1.80 bits per heavy atom. The number of hydrogen-bond donors (Lipinski definition) is 0. The zero-order valence-electron chi connectivity index (χ0n) is 6.20. The van der Waals surface area contributed by atoms with Gasteiger partial charge in [0.15, 0.2) is 0 Å². The summed E-state index contributed by atoms with van der Waals surface area (Å²) in [6, 6.07) is 0.405. The van der Waals surface area contributed by atoms with Crippen LogP contribution in [0.4, 0.5) is 0 Å². The van der Waals surface area contributed by atoms with E-state index in [0.717, 1.165) is 6.42 Å². The summed E-state index contributed by atoms with van der Waals surface area (Å²) in [7, 11) is 0. The first-order chi connectivity index (χ1) is 4.88. The number of aromatic nitrogens is 2. The van der Waals surface area contributed by atoms with Gasteiger partial charge in [0.05, 0.1) is 12.4 Å². The number of rotatable bonds is 3. The SMILES string of the molecule is C=CC(CC)n1ccnc1. The molecule has 0 aromatic carbocycles. The molecule has 0 amide bonds. The van der Waals surface area contributed by atoms with Crippen LogP contribution in [0.25, 0.3) is 0 Å². The maximum Gasteiger partial charge on any atom is 0.0951 e. The van der Waals surface area contributed by atoms with Crippen molar-refractivity contribution in [2.45, 2.75) is 19.4 Å². The average Bonchev–Trinajstić information content (AvgIpc) is 2.43. The van der Waals surface area contributed by atoms with E-state index < -0.39 is 0 Å². The molecule has 0 N–H and O–H groups in total. The summed E-state index contributed by atoms with van der Waals surface area (Å²) in [6.45, 7) is 5.87.